The standard InChI is InChI=1S/C28H33ClN6O/c1-16-17(2)22(9-8-20(16)18-10-12-30-13-11-18)34-27-32-15-21(29)25(35-27)31-14-19-6-5-7-23-24(19)28(3,4)26(36)33-23/h5-9,15,18,30H,10-14H2,1-4H3,(H,33,36)(H2,31,32,34,35). The maximum absolute atomic E-state index is 12.4. The average Bonchev–Trinajstić information content (AvgIpc) is 3.11. The third kappa shape index (κ3) is 4.53. The van der Waals surface area contributed by atoms with Crippen LogP contribution in [0.1, 0.15) is 60.4 Å². The van der Waals surface area contributed by atoms with E-state index in [1.54, 1.807) is 6.20 Å². The van der Waals surface area contributed by atoms with Gasteiger partial charge in [0, 0.05) is 17.9 Å². The number of hydrogen-bond acceptors (Lipinski definition) is 6. The van der Waals surface area contributed by atoms with Crippen molar-refractivity contribution in [3.8, 4) is 0 Å². The second-order valence-electron chi connectivity index (χ2n) is 10.3. The van der Waals surface area contributed by atoms with Crippen molar-refractivity contribution in [2.45, 2.75) is 58.4 Å². The van der Waals surface area contributed by atoms with Crippen LogP contribution < -0.4 is 21.3 Å². The Bertz CT molecular complexity index is 1320. The highest BCUT2D eigenvalue weighted by Crippen LogP contribution is 2.40. The smallest absolute Gasteiger partial charge is 0.234 e. The van der Waals surface area contributed by atoms with Crippen molar-refractivity contribution < 1.29 is 4.79 Å². The number of nitrogens with one attached hydrogen (secondary N) is 4. The van der Waals surface area contributed by atoms with Gasteiger partial charge >= 0.3 is 0 Å². The molecule has 2 aliphatic rings. The normalized spacial score (nSPS) is 17.0. The lowest BCUT2D eigenvalue weighted by atomic mass is 9.83. The van der Waals surface area contributed by atoms with E-state index in [0.29, 0.717) is 29.3 Å². The summed E-state index contributed by atoms with van der Waals surface area (Å²) in [5.41, 5.74) is 7.26. The van der Waals surface area contributed by atoms with Crippen molar-refractivity contribution in [2.24, 2.45) is 0 Å². The summed E-state index contributed by atoms with van der Waals surface area (Å²) in [6.07, 6.45) is 3.96. The number of amides is 1. The van der Waals surface area contributed by atoms with Crippen LogP contribution in [0.15, 0.2) is 36.5 Å². The molecular formula is C28H33ClN6O. The quantitative estimate of drug-likeness (QED) is 0.339. The molecule has 0 unspecified atom stereocenters. The Labute approximate surface area is 217 Å². The molecule has 0 atom stereocenters. The van der Waals surface area contributed by atoms with Gasteiger partial charge in [-0.2, -0.15) is 4.98 Å². The van der Waals surface area contributed by atoms with Crippen molar-refractivity contribution >= 4 is 40.6 Å². The number of benzene rings is 2. The van der Waals surface area contributed by atoms with Crippen LogP contribution in [0.2, 0.25) is 5.02 Å². The van der Waals surface area contributed by atoms with Gasteiger partial charge in [0.05, 0.1) is 11.6 Å². The Balaban J connectivity index is 1.34. The predicted octanol–water partition coefficient (Wildman–Crippen LogP) is 5.80. The molecule has 0 aliphatic carbocycles. The topological polar surface area (TPSA) is 91.0 Å². The van der Waals surface area contributed by atoms with Gasteiger partial charge in [-0.05, 0) is 99.5 Å². The molecule has 36 heavy (non-hydrogen) atoms. The highest BCUT2D eigenvalue weighted by Gasteiger charge is 2.39. The van der Waals surface area contributed by atoms with Crippen molar-refractivity contribution in [2.75, 3.05) is 29.0 Å². The number of anilines is 4. The molecule has 8 heteroatoms. The molecule has 5 rings (SSSR count). The number of carbonyl (C=O) groups excluding carboxylic acids is 1. The number of nitrogens with zero attached hydrogens (tertiary/aromatic N) is 2. The molecule has 1 aromatic heterocycles. The maximum Gasteiger partial charge on any atom is 0.234 e. The van der Waals surface area contributed by atoms with E-state index in [-0.39, 0.29) is 5.91 Å². The Morgan fingerprint density at radius 1 is 1.11 bits per heavy atom. The minimum absolute atomic E-state index is 0.00772. The summed E-state index contributed by atoms with van der Waals surface area (Å²) in [5.74, 6) is 1.64. The Hall–Kier alpha value is -3.16. The molecule has 0 saturated carbocycles. The third-order valence-corrected chi connectivity index (χ3v) is 7.91. The van der Waals surface area contributed by atoms with Crippen LogP contribution in [0.25, 0.3) is 0 Å². The fourth-order valence-electron chi connectivity index (χ4n) is 5.38. The van der Waals surface area contributed by atoms with Gasteiger partial charge in [-0.3, -0.25) is 4.79 Å². The maximum atomic E-state index is 12.4. The first-order chi connectivity index (χ1) is 17.3. The molecule has 2 aromatic carbocycles. The third-order valence-electron chi connectivity index (χ3n) is 7.64. The highest BCUT2D eigenvalue weighted by atomic mass is 35.5. The summed E-state index contributed by atoms with van der Waals surface area (Å²) >= 11 is 6.44. The van der Waals surface area contributed by atoms with Crippen molar-refractivity contribution in [3.63, 3.8) is 0 Å². The van der Waals surface area contributed by atoms with Crippen LogP contribution in [-0.4, -0.2) is 29.0 Å². The van der Waals surface area contributed by atoms with Crippen LogP contribution in [0.4, 0.5) is 23.1 Å². The second kappa shape index (κ2) is 9.71. The highest BCUT2D eigenvalue weighted by molar-refractivity contribution is 6.32. The molecule has 7 nitrogen and oxygen atoms in total. The van der Waals surface area contributed by atoms with Crippen LogP contribution in [-0.2, 0) is 16.8 Å². The van der Waals surface area contributed by atoms with Gasteiger partial charge in [0.15, 0.2) is 5.82 Å². The molecule has 0 radical (unpaired) electrons. The van der Waals surface area contributed by atoms with Crippen LogP contribution in [0, 0.1) is 13.8 Å². The summed E-state index contributed by atoms with van der Waals surface area (Å²) in [7, 11) is 0. The number of rotatable bonds is 6. The number of piperidine rings is 1. The van der Waals surface area contributed by atoms with Crippen molar-refractivity contribution in [1.82, 2.24) is 15.3 Å². The number of aromatic nitrogens is 2. The fraction of sp³-hybridized carbons (Fsp3) is 0.393. The molecule has 1 fully saturated rings. The SMILES string of the molecule is Cc1c(Nc2ncc(Cl)c(NCc3cccc4c3C(C)(C)C(=O)N4)n2)ccc(C2CCNCC2)c1C. The van der Waals surface area contributed by atoms with E-state index in [0.717, 1.165) is 35.6 Å². The largest absolute Gasteiger partial charge is 0.365 e. The molecule has 0 spiro atoms. The summed E-state index contributed by atoms with van der Waals surface area (Å²) < 4.78 is 0. The summed E-state index contributed by atoms with van der Waals surface area (Å²) in [6, 6.07) is 10.3. The van der Waals surface area contributed by atoms with E-state index in [1.807, 2.05) is 32.0 Å². The number of fused-ring (bicyclic) bond motifs is 1. The number of hydrogen-bond donors (Lipinski definition) is 4. The number of carbonyl (C=O) groups is 1. The monoisotopic (exact) mass is 504 g/mol. The lowest BCUT2D eigenvalue weighted by molar-refractivity contribution is -0.119. The molecule has 1 saturated heterocycles. The molecule has 4 N–H and O–H groups in total. The predicted molar refractivity (Wildman–Crippen MR) is 147 cm³/mol. The summed E-state index contributed by atoms with van der Waals surface area (Å²) in [6.45, 7) is 10.9. The van der Waals surface area contributed by atoms with E-state index >= 15 is 0 Å². The van der Waals surface area contributed by atoms with E-state index in [2.05, 4.69) is 57.2 Å². The minimum atomic E-state index is -0.592. The molecular weight excluding hydrogens is 472 g/mol. The van der Waals surface area contributed by atoms with Gasteiger partial charge in [-0.15, -0.1) is 0 Å². The molecule has 3 aromatic rings. The minimum Gasteiger partial charge on any atom is -0.365 e. The average molecular weight is 505 g/mol. The van der Waals surface area contributed by atoms with Crippen molar-refractivity contribution in [3.05, 3.63) is 69.4 Å². The van der Waals surface area contributed by atoms with Crippen LogP contribution in [0.5, 0.6) is 0 Å². The van der Waals surface area contributed by atoms with Gasteiger partial charge in [0.25, 0.3) is 0 Å². The van der Waals surface area contributed by atoms with Gasteiger partial charge in [-0.1, -0.05) is 29.8 Å². The van der Waals surface area contributed by atoms with Crippen molar-refractivity contribution in [1.29, 1.82) is 0 Å². The lowest BCUT2D eigenvalue weighted by Crippen LogP contribution is -2.28. The molecule has 1 amide bonds. The second-order valence-corrected chi connectivity index (χ2v) is 10.7. The Morgan fingerprint density at radius 2 is 1.89 bits per heavy atom. The first-order valence-corrected chi connectivity index (χ1v) is 12.9. The molecule has 2 aliphatic heterocycles. The van der Waals surface area contributed by atoms with E-state index in [4.69, 9.17) is 11.6 Å². The Morgan fingerprint density at radius 3 is 2.67 bits per heavy atom. The zero-order valence-corrected chi connectivity index (χ0v) is 22.0. The van der Waals surface area contributed by atoms with Gasteiger partial charge in [0.2, 0.25) is 11.9 Å². The van der Waals surface area contributed by atoms with E-state index < -0.39 is 5.41 Å². The van der Waals surface area contributed by atoms with Gasteiger partial charge in [-0.25, -0.2) is 4.98 Å². The fourth-order valence-corrected chi connectivity index (χ4v) is 5.54. The molecule has 188 valence electrons. The van der Waals surface area contributed by atoms with Gasteiger partial charge < -0.3 is 21.3 Å². The van der Waals surface area contributed by atoms with E-state index in [1.165, 1.54) is 29.5 Å². The zero-order chi connectivity index (χ0) is 25.4. The zero-order valence-electron chi connectivity index (χ0n) is 21.3. The lowest BCUT2D eigenvalue weighted by Gasteiger charge is -2.26. The Kier molecular flexibility index (Phi) is 6.62. The van der Waals surface area contributed by atoms with E-state index in [9.17, 15) is 4.79 Å². The van der Waals surface area contributed by atoms with Crippen LogP contribution >= 0.6 is 11.6 Å². The molecule has 0 bridgehead atoms. The van der Waals surface area contributed by atoms with Gasteiger partial charge in [0.1, 0.15) is 5.02 Å². The molecule has 3 heterocycles. The summed E-state index contributed by atoms with van der Waals surface area (Å²) in [4.78, 5) is 21.5. The number of halogens is 1. The van der Waals surface area contributed by atoms with Crippen LogP contribution in [0.3, 0.4) is 0 Å². The first-order valence-electron chi connectivity index (χ1n) is 12.5. The first kappa shape index (κ1) is 24.5. The summed E-state index contributed by atoms with van der Waals surface area (Å²) in [5, 5.41) is 13.6.